The highest BCUT2D eigenvalue weighted by molar-refractivity contribution is 7.92. The third-order valence-corrected chi connectivity index (χ3v) is 6.03. The van der Waals surface area contributed by atoms with E-state index in [9.17, 15) is 13.2 Å². The Morgan fingerprint density at radius 2 is 1.50 bits per heavy atom. The molecule has 0 aliphatic heterocycles. The Labute approximate surface area is 169 Å². The van der Waals surface area contributed by atoms with Gasteiger partial charge in [0.1, 0.15) is 0 Å². The highest BCUT2D eigenvalue weighted by Crippen LogP contribution is 2.21. The van der Waals surface area contributed by atoms with Crippen LogP contribution in [0.4, 0.5) is 11.4 Å². The van der Waals surface area contributed by atoms with Crippen LogP contribution in [0.1, 0.15) is 21.5 Å². The van der Waals surface area contributed by atoms with Crippen molar-refractivity contribution in [3.63, 3.8) is 0 Å². The number of sulfonamides is 1. The molecule has 1 amide bonds. The van der Waals surface area contributed by atoms with Gasteiger partial charge >= 0.3 is 0 Å². The molecule has 0 spiro atoms. The third-order valence-electron chi connectivity index (χ3n) is 4.30. The van der Waals surface area contributed by atoms with E-state index >= 15 is 0 Å². The van der Waals surface area contributed by atoms with Crippen molar-refractivity contribution in [2.24, 2.45) is 0 Å². The zero-order chi connectivity index (χ0) is 20.3. The summed E-state index contributed by atoms with van der Waals surface area (Å²) >= 11 is 6.02. The number of hydrogen-bond acceptors (Lipinski definition) is 3. The highest BCUT2D eigenvalue weighted by Gasteiger charge is 2.15. The van der Waals surface area contributed by atoms with Gasteiger partial charge in [0, 0.05) is 11.4 Å². The minimum Gasteiger partial charge on any atom is -0.322 e. The monoisotopic (exact) mass is 414 g/mol. The molecule has 0 unspecified atom stereocenters. The van der Waals surface area contributed by atoms with Crippen LogP contribution in [-0.4, -0.2) is 14.3 Å². The third kappa shape index (κ3) is 4.52. The van der Waals surface area contributed by atoms with Crippen LogP contribution in [0.5, 0.6) is 0 Å². The Morgan fingerprint density at radius 1 is 0.857 bits per heavy atom. The van der Waals surface area contributed by atoms with Crippen molar-refractivity contribution in [1.29, 1.82) is 0 Å². The van der Waals surface area contributed by atoms with E-state index in [-0.39, 0.29) is 10.8 Å². The number of aryl methyl sites for hydroxylation is 2. The Hall–Kier alpha value is -2.83. The first-order chi connectivity index (χ1) is 13.3. The Balaban J connectivity index is 1.75. The summed E-state index contributed by atoms with van der Waals surface area (Å²) < 4.78 is 27.7. The molecule has 0 fully saturated rings. The number of carbonyl (C=O) groups is 1. The summed E-state index contributed by atoms with van der Waals surface area (Å²) in [7, 11) is -3.73. The Morgan fingerprint density at radius 3 is 2.14 bits per heavy atom. The molecule has 0 saturated heterocycles. The molecule has 28 heavy (non-hydrogen) atoms. The summed E-state index contributed by atoms with van der Waals surface area (Å²) in [4.78, 5) is 12.4. The first-order valence-corrected chi connectivity index (χ1v) is 10.4. The fourth-order valence-corrected chi connectivity index (χ4v) is 3.85. The lowest BCUT2D eigenvalue weighted by atomic mass is 10.1. The molecule has 0 aromatic heterocycles. The van der Waals surface area contributed by atoms with Crippen LogP contribution in [0.2, 0.25) is 5.02 Å². The number of hydrogen-bond donors (Lipinski definition) is 2. The number of anilines is 2. The number of rotatable bonds is 5. The molecule has 0 bridgehead atoms. The predicted octanol–water partition coefficient (Wildman–Crippen LogP) is 5.01. The molecule has 144 valence electrons. The second kappa shape index (κ2) is 8.04. The molecule has 0 radical (unpaired) electrons. The summed E-state index contributed by atoms with van der Waals surface area (Å²) in [6.45, 7) is 3.88. The van der Waals surface area contributed by atoms with E-state index in [1.165, 1.54) is 24.3 Å². The van der Waals surface area contributed by atoms with Gasteiger partial charge in [0.05, 0.1) is 15.5 Å². The van der Waals surface area contributed by atoms with E-state index in [4.69, 9.17) is 11.6 Å². The van der Waals surface area contributed by atoms with Crippen molar-refractivity contribution < 1.29 is 13.2 Å². The second-order valence-electron chi connectivity index (χ2n) is 6.36. The predicted molar refractivity (Wildman–Crippen MR) is 113 cm³/mol. The van der Waals surface area contributed by atoms with Crippen LogP contribution in [0.25, 0.3) is 0 Å². The van der Waals surface area contributed by atoms with Crippen LogP contribution in [0.15, 0.2) is 71.6 Å². The minimum absolute atomic E-state index is 0.0986. The largest absolute Gasteiger partial charge is 0.322 e. The standard InChI is InChI=1S/C21H19ClN2O3S/c1-14-7-8-17(13-15(14)2)24-28(26,27)18-11-9-16(10-12-18)23-21(25)19-5-3-4-6-20(19)22/h3-13,24H,1-2H3,(H,23,25). The van der Waals surface area contributed by atoms with Gasteiger partial charge in [0.2, 0.25) is 0 Å². The SMILES string of the molecule is Cc1ccc(NS(=O)(=O)c2ccc(NC(=O)c3ccccc3Cl)cc2)cc1C. The number of nitrogens with one attached hydrogen (secondary N) is 2. The lowest BCUT2D eigenvalue weighted by Crippen LogP contribution is -2.14. The molecule has 0 heterocycles. The maximum absolute atomic E-state index is 12.6. The first kappa shape index (κ1) is 19.9. The molecular formula is C21H19ClN2O3S. The molecule has 7 heteroatoms. The van der Waals surface area contributed by atoms with E-state index in [0.29, 0.717) is 22.0 Å². The number of amides is 1. The van der Waals surface area contributed by atoms with Crippen molar-refractivity contribution in [1.82, 2.24) is 0 Å². The topological polar surface area (TPSA) is 75.3 Å². The molecule has 3 rings (SSSR count). The summed E-state index contributed by atoms with van der Waals surface area (Å²) in [5.41, 5.74) is 3.39. The Bertz CT molecular complexity index is 1130. The molecule has 2 N–H and O–H groups in total. The Kier molecular flexibility index (Phi) is 5.72. The molecule has 5 nitrogen and oxygen atoms in total. The van der Waals surface area contributed by atoms with Crippen LogP contribution < -0.4 is 10.0 Å². The van der Waals surface area contributed by atoms with Gasteiger partial charge in [0.25, 0.3) is 15.9 Å². The molecule has 0 aliphatic carbocycles. The van der Waals surface area contributed by atoms with E-state index in [0.717, 1.165) is 11.1 Å². The molecule has 0 saturated carbocycles. The average Bonchev–Trinajstić information content (AvgIpc) is 2.65. The van der Waals surface area contributed by atoms with E-state index < -0.39 is 10.0 Å². The van der Waals surface area contributed by atoms with Crippen molar-refractivity contribution in [2.45, 2.75) is 18.7 Å². The zero-order valence-corrected chi connectivity index (χ0v) is 16.9. The van der Waals surface area contributed by atoms with Crippen LogP contribution in [0, 0.1) is 13.8 Å². The van der Waals surface area contributed by atoms with Gasteiger partial charge in [-0.25, -0.2) is 8.42 Å². The maximum atomic E-state index is 12.6. The summed E-state index contributed by atoms with van der Waals surface area (Å²) in [6.07, 6.45) is 0. The van der Waals surface area contributed by atoms with E-state index in [2.05, 4.69) is 10.0 Å². The summed E-state index contributed by atoms with van der Waals surface area (Å²) in [5.74, 6) is -0.366. The van der Waals surface area contributed by atoms with Crippen molar-refractivity contribution in [3.8, 4) is 0 Å². The second-order valence-corrected chi connectivity index (χ2v) is 8.45. The van der Waals surface area contributed by atoms with Gasteiger partial charge in [-0.1, -0.05) is 29.8 Å². The summed E-state index contributed by atoms with van der Waals surface area (Å²) in [5, 5.41) is 3.05. The molecule has 0 aliphatic rings. The normalized spacial score (nSPS) is 11.1. The van der Waals surface area contributed by atoms with Crippen molar-refractivity contribution in [3.05, 3.63) is 88.4 Å². The van der Waals surface area contributed by atoms with Gasteiger partial charge in [-0.05, 0) is 73.5 Å². The smallest absolute Gasteiger partial charge is 0.261 e. The zero-order valence-electron chi connectivity index (χ0n) is 15.4. The maximum Gasteiger partial charge on any atom is 0.261 e. The van der Waals surface area contributed by atoms with Gasteiger partial charge in [0.15, 0.2) is 0 Å². The highest BCUT2D eigenvalue weighted by atomic mass is 35.5. The quantitative estimate of drug-likeness (QED) is 0.616. The van der Waals surface area contributed by atoms with Crippen LogP contribution >= 0.6 is 11.6 Å². The minimum atomic E-state index is -3.73. The van der Waals surface area contributed by atoms with E-state index in [1.54, 1.807) is 36.4 Å². The number of carbonyl (C=O) groups excluding carboxylic acids is 1. The molecule has 3 aromatic rings. The molecule has 0 atom stereocenters. The van der Waals surface area contributed by atoms with Gasteiger partial charge in [-0.3, -0.25) is 9.52 Å². The lowest BCUT2D eigenvalue weighted by Gasteiger charge is -2.11. The van der Waals surface area contributed by atoms with Gasteiger partial charge in [-0.2, -0.15) is 0 Å². The number of halogens is 1. The number of benzene rings is 3. The fourth-order valence-electron chi connectivity index (χ4n) is 2.58. The average molecular weight is 415 g/mol. The van der Waals surface area contributed by atoms with Crippen molar-refractivity contribution in [2.75, 3.05) is 10.0 Å². The van der Waals surface area contributed by atoms with Gasteiger partial charge < -0.3 is 5.32 Å². The molecule has 3 aromatic carbocycles. The lowest BCUT2D eigenvalue weighted by molar-refractivity contribution is 0.102. The first-order valence-electron chi connectivity index (χ1n) is 8.52. The van der Waals surface area contributed by atoms with Crippen LogP contribution in [-0.2, 0) is 10.0 Å². The fraction of sp³-hybridized carbons (Fsp3) is 0.0952. The van der Waals surface area contributed by atoms with Gasteiger partial charge in [-0.15, -0.1) is 0 Å². The summed E-state index contributed by atoms with van der Waals surface area (Å²) in [6, 6.07) is 18.0. The van der Waals surface area contributed by atoms with Crippen LogP contribution in [0.3, 0.4) is 0 Å². The van der Waals surface area contributed by atoms with Crippen molar-refractivity contribution >= 4 is 38.9 Å². The molecular weight excluding hydrogens is 396 g/mol. The van der Waals surface area contributed by atoms with E-state index in [1.807, 2.05) is 19.9 Å².